The predicted octanol–water partition coefficient (Wildman–Crippen LogP) is 2.94. The number of hydrogen-bond donors (Lipinski definition) is 0. The maximum absolute atomic E-state index is 4.37. The summed E-state index contributed by atoms with van der Waals surface area (Å²) in [6.07, 6.45) is 2.19. The summed E-state index contributed by atoms with van der Waals surface area (Å²) in [5.74, 6) is 4.71. The Hall–Kier alpha value is -0.258. The summed E-state index contributed by atoms with van der Waals surface area (Å²) in [5.41, 5.74) is 2.50. The Kier molecular flexibility index (Phi) is 6.96. The summed E-state index contributed by atoms with van der Waals surface area (Å²) in [6, 6.07) is 0. The van der Waals surface area contributed by atoms with E-state index in [0.717, 1.165) is 18.8 Å². The summed E-state index contributed by atoms with van der Waals surface area (Å²) in [6.45, 7) is 10.5. The lowest BCUT2D eigenvalue weighted by molar-refractivity contribution is 0.563. The van der Waals surface area contributed by atoms with Crippen LogP contribution in [0.4, 0.5) is 0 Å². The van der Waals surface area contributed by atoms with Gasteiger partial charge in [-0.15, -0.1) is 0 Å². The average molecular weight is 210 g/mol. The molecule has 3 heteroatoms. The van der Waals surface area contributed by atoms with E-state index in [0.29, 0.717) is 0 Å². The molecule has 0 aromatic carbocycles. The lowest BCUT2D eigenvalue weighted by Crippen LogP contribution is -2.32. The van der Waals surface area contributed by atoms with Crippen molar-refractivity contribution >= 4 is 20.1 Å². The first-order valence-electron chi connectivity index (χ1n) is 5.48. The second kappa shape index (κ2) is 7.09. The van der Waals surface area contributed by atoms with E-state index in [1.165, 1.54) is 5.70 Å². The van der Waals surface area contributed by atoms with E-state index < -0.39 is 14.4 Å². The Bertz CT molecular complexity index is 219. The fourth-order valence-electron chi connectivity index (χ4n) is 1.70. The third-order valence-corrected chi connectivity index (χ3v) is 4.26. The van der Waals surface area contributed by atoms with E-state index >= 15 is 0 Å². The molecule has 0 aromatic rings. The Morgan fingerprint density at radius 1 is 1.29 bits per heavy atom. The minimum absolute atomic E-state index is 0.712. The molecule has 14 heavy (non-hydrogen) atoms. The molecule has 0 aromatic heterocycles. The lowest BCUT2D eigenvalue weighted by Gasteiger charge is -2.26. The Labute approximate surface area is 93.3 Å². The van der Waals surface area contributed by atoms with Crippen LogP contribution in [0.5, 0.6) is 0 Å². The van der Waals surface area contributed by atoms with E-state index in [1.54, 1.807) is 0 Å². The molecule has 0 radical (unpaired) electrons. The van der Waals surface area contributed by atoms with Crippen molar-refractivity contribution in [3.63, 3.8) is 0 Å². The van der Waals surface area contributed by atoms with Crippen LogP contribution in [-0.2, 0) is 0 Å². The highest BCUT2D eigenvalue weighted by Crippen LogP contribution is 2.06. The monoisotopic (exact) mass is 210 g/mol. The van der Waals surface area contributed by atoms with Gasteiger partial charge in [-0.05, 0) is 46.0 Å². The average Bonchev–Trinajstić information content (AvgIpc) is 2.04. The third-order valence-electron chi connectivity index (χ3n) is 2.24. The summed E-state index contributed by atoms with van der Waals surface area (Å²) in [5, 5.41) is 0. The largest absolute Gasteiger partial charge is 0.467 e. The number of allylic oxidation sites excluding steroid dienone is 2. The van der Waals surface area contributed by atoms with Gasteiger partial charge in [0.2, 0.25) is 0 Å². The highest BCUT2D eigenvalue weighted by molar-refractivity contribution is 6.53. The van der Waals surface area contributed by atoms with Gasteiger partial charge in [0.15, 0.2) is 0 Å². The van der Waals surface area contributed by atoms with Crippen LogP contribution >= 0.6 is 0 Å². The molecule has 0 aliphatic carbocycles. The van der Waals surface area contributed by atoms with Crippen molar-refractivity contribution in [2.75, 3.05) is 13.1 Å². The molecule has 80 valence electrons. The first-order valence-corrected chi connectivity index (χ1v) is 8.31. The summed E-state index contributed by atoms with van der Waals surface area (Å²) in [4.78, 5) is 4.37. The van der Waals surface area contributed by atoms with Crippen LogP contribution in [-0.4, -0.2) is 37.1 Å². The number of nitrogens with zero attached hydrogens (tertiary/aromatic N) is 2. The molecule has 0 atom stereocenters. The van der Waals surface area contributed by atoms with Gasteiger partial charge in [0, 0.05) is 12.3 Å². The molecule has 2 nitrogen and oxygen atoms in total. The first kappa shape index (κ1) is 13.7. The van der Waals surface area contributed by atoms with Crippen molar-refractivity contribution in [2.24, 2.45) is 4.99 Å². The number of hydrogen-bond acceptors (Lipinski definition) is 2. The van der Waals surface area contributed by atoms with Crippen molar-refractivity contribution < 1.29 is 0 Å². The van der Waals surface area contributed by atoms with E-state index in [-0.39, 0.29) is 0 Å². The molecule has 0 spiro atoms. The molecule has 0 heterocycles. The maximum Gasteiger partial charge on any atom is 0.407 e. The molecule has 0 rings (SSSR count). The summed E-state index contributed by atoms with van der Waals surface area (Å²) in [7, 11) is 0. The predicted molar refractivity (Wildman–Crippen MR) is 67.3 cm³/mol. The molecular weight excluding hydrogens is 187 g/mol. The minimum atomic E-state index is -0.712. The van der Waals surface area contributed by atoms with Gasteiger partial charge >= 0.3 is 14.4 Å². The van der Waals surface area contributed by atoms with E-state index in [2.05, 4.69) is 54.2 Å². The zero-order chi connectivity index (χ0) is 11.1. The van der Waals surface area contributed by atoms with Gasteiger partial charge in [-0.2, -0.15) is 0 Å². The SMILES string of the molecule is CCN=C(C)/C=C(/C)[N](CC)[Al]([CH3])[CH3]. The van der Waals surface area contributed by atoms with Crippen LogP contribution in [0.3, 0.4) is 0 Å². The van der Waals surface area contributed by atoms with Crippen molar-refractivity contribution in [1.82, 2.24) is 3.88 Å². The van der Waals surface area contributed by atoms with Crippen LogP contribution in [0, 0.1) is 0 Å². The van der Waals surface area contributed by atoms with E-state index in [4.69, 9.17) is 0 Å². The van der Waals surface area contributed by atoms with Crippen molar-refractivity contribution in [2.45, 2.75) is 39.3 Å². The van der Waals surface area contributed by atoms with Crippen LogP contribution in [0.25, 0.3) is 0 Å². The second-order valence-electron chi connectivity index (χ2n) is 3.78. The van der Waals surface area contributed by atoms with Gasteiger partial charge in [-0.25, -0.2) is 0 Å². The first-order chi connectivity index (χ1) is 6.52. The maximum atomic E-state index is 4.37. The molecule has 0 saturated heterocycles. The van der Waals surface area contributed by atoms with Crippen LogP contribution in [0.15, 0.2) is 16.8 Å². The van der Waals surface area contributed by atoms with Crippen LogP contribution in [0.1, 0.15) is 27.7 Å². The smallest absolute Gasteiger partial charge is 0.407 e. The topological polar surface area (TPSA) is 15.6 Å². The Morgan fingerprint density at radius 2 is 1.86 bits per heavy atom. The van der Waals surface area contributed by atoms with Gasteiger partial charge in [0.05, 0.1) is 0 Å². The van der Waals surface area contributed by atoms with Gasteiger partial charge < -0.3 is 3.88 Å². The van der Waals surface area contributed by atoms with Crippen molar-refractivity contribution in [3.8, 4) is 0 Å². The zero-order valence-electron chi connectivity index (χ0n) is 10.5. The Balaban J connectivity index is 4.56. The normalized spacial score (nSPS) is 13.0. The van der Waals surface area contributed by atoms with Crippen molar-refractivity contribution in [3.05, 3.63) is 11.8 Å². The van der Waals surface area contributed by atoms with Crippen LogP contribution in [0.2, 0.25) is 11.6 Å². The molecule has 0 aliphatic heterocycles. The number of aliphatic imine (C=N–C) groups is 1. The molecule has 0 N–H and O–H groups in total. The minimum Gasteiger partial charge on any atom is -0.467 e. The van der Waals surface area contributed by atoms with Gasteiger partial charge in [-0.3, -0.25) is 4.99 Å². The van der Waals surface area contributed by atoms with Crippen molar-refractivity contribution in [1.29, 1.82) is 0 Å². The highest BCUT2D eigenvalue weighted by atomic mass is 27.2. The standard InChI is InChI=1S/C9H17N2.2CH3.Al/c1-5-10-8(3)7-9(4)11-6-2;;;/h7H,5-6H2,1-4H3;2*1H3;/q-1;;;+1/b8-7-,11-9?;;;. The quantitative estimate of drug-likeness (QED) is 0.503. The molecule has 0 saturated carbocycles. The second-order valence-corrected chi connectivity index (χ2v) is 6.59. The highest BCUT2D eigenvalue weighted by Gasteiger charge is 2.13. The third kappa shape index (κ3) is 4.83. The molecule has 0 amide bonds. The molecular formula is C11H23AlN2. The van der Waals surface area contributed by atoms with Gasteiger partial charge in [0.1, 0.15) is 0 Å². The number of rotatable bonds is 5. The zero-order valence-corrected chi connectivity index (χ0v) is 11.6. The van der Waals surface area contributed by atoms with E-state index in [1.807, 2.05) is 0 Å². The molecule has 0 aliphatic rings. The molecule has 0 bridgehead atoms. The fourth-order valence-corrected chi connectivity index (χ4v) is 3.32. The Morgan fingerprint density at radius 3 is 2.21 bits per heavy atom. The van der Waals surface area contributed by atoms with Gasteiger partial charge in [0.25, 0.3) is 0 Å². The summed E-state index contributed by atoms with van der Waals surface area (Å²) < 4.78 is 2.51. The van der Waals surface area contributed by atoms with E-state index in [9.17, 15) is 0 Å². The molecule has 0 fully saturated rings. The molecule has 0 unspecified atom stereocenters. The van der Waals surface area contributed by atoms with Crippen LogP contribution < -0.4 is 0 Å². The fraction of sp³-hybridized carbons (Fsp3) is 0.727. The summed E-state index contributed by atoms with van der Waals surface area (Å²) >= 11 is -0.712. The lowest BCUT2D eigenvalue weighted by atomic mass is 10.3. The van der Waals surface area contributed by atoms with Gasteiger partial charge in [-0.1, -0.05) is 11.6 Å².